The lowest BCUT2D eigenvalue weighted by atomic mass is 10.1. The molecule has 25 heavy (non-hydrogen) atoms. The molecule has 0 bridgehead atoms. The van der Waals surface area contributed by atoms with Crippen molar-refractivity contribution in [3.63, 3.8) is 0 Å². The summed E-state index contributed by atoms with van der Waals surface area (Å²) >= 11 is 0. The van der Waals surface area contributed by atoms with Crippen molar-refractivity contribution in [1.29, 1.82) is 0 Å². The Bertz CT molecular complexity index is 635. The highest BCUT2D eigenvalue weighted by atomic mass is 16.4. The van der Waals surface area contributed by atoms with Crippen molar-refractivity contribution in [3.05, 3.63) is 71.8 Å². The molecule has 0 unspecified atom stereocenters. The summed E-state index contributed by atoms with van der Waals surface area (Å²) in [5.41, 5.74) is 5.05. The third kappa shape index (κ3) is 6.74. The van der Waals surface area contributed by atoms with Crippen LogP contribution in [0.4, 0.5) is 0 Å². The number of hydrogen-bond donors (Lipinski definition) is 3. The predicted octanol–water partition coefficient (Wildman–Crippen LogP) is 2.51. The zero-order chi connectivity index (χ0) is 18.1. The summed E-state index contributed by atoms with van der Waals surface area (Å²) in [4.78, 5) is 22.2. The fraction of sp³-hybridized carbons (Fsp3) is 0.263. The maximum Gasteiger partial charge on any atom is 0.322 e. The molecule has 0 aliphatic heterocycles. The quantitative estimate of drug-likeness (QED) is 0.575. The number of carboxylic acid groups (broad SMARTS) is 2. The lowest BCUT2D eigenvalue weighted by molar-refractivity contribution is -0.142. The van der Waals surface area contributed by atoms with Gasteiger partial charge in [0.15, 0.2) is 0 Å². The molecule has 0 amide bonds. The van der Waals surface area contributed by atoms with Gasteiger partial charge in [0.05, 0.1) is 0 Å². The zero-order valence-electron chi connectivity index (χ0n) is 13.8. The Labute approximate surface area is 146 Å². The van der Waals surface area contributed by atoms with Crippen molar-refractivity contribution in [2.45, 2.75) is 32.0 Å². The fourth-order valence-electron chi connectivity index (χ4n) is 2.49. The molecule has 0 spiro atoms. The maximum absolute atomic E-state index is 11.5. The summed E-state index contributed by atoms with van der Waals surface area (Å²) in [6.45, 7) is 1.01. The lowest BCUT2D eigenvalue weighted by Gasteiger charge is -2.27. The number of nitrogens with one attached hydrogen (secondary N) is 1. The SMILES string of the molecule is O=C(O)CC[C@H](NN(Cc1ccccc1)Cc1ccccc1)C(=O)O. The molecule has 2 aromatic rings. The lowest BCUT2D eigenvalue weighted by Crippen LogP contribution is -2.47. The van der Waals surface area contributed by atoms with E-state index in [1.807, 2.05) is 65.7 Å². The van der Waals surface area contributed by atoms with E-state index in [4.69, 9.17) is 5.11 Å². The van der Waals surface area contributed by atoms with Crippen molar-refractivity contribution in [2.24, 2.45) is 0 Å². The van der Waals surface area contributed by atoms with E-state index in [0.29, 0.717) is 13.1 Å². The molecule has 2 rings (SSSR count). The molecule has 0 aromatic heterocycles. The van der Waals surface area contributed by atoms with Gasteiger partial charge in [0.2, 0.25) is 0 Å². The van der Waals surface area contributed by atoms with E-state index in [1.165, 1.54) is 0 Å². The van der Waals surface area contributed by atoms with Crippen LogP contribution in [-0.2, 0) is 22.7 Å². The molecule has 0 fully saturated rings. The number of aliphatic carboxylic acids is 2. The molecular weight excluding hydrogens is 320 g/mol. The Balaban J connectivity index is 2.11. The van der Waals surface area contributed by atoms with Gasteiger partial charge in [0.25, 0.3) is 0 Å². The van der Waals surface area contributed by atoms with Crippen molar-refractivity contribution < 1.29 is 19.8 Å². The Morgan fingerprint density at radius 2 is 1.36 bits per heavy atom. The van der Waals surface area contributed by atoms with Crippen LogP contribution in [-0.4, -0.2) is 33.2 Å². The van der Waals surface area contributed by atoms with Crippen LogP contribution < -0.4 is 5.43 Å². The van der Waals surface area contributed by atoms with Crippen LogP contribution in [0.25, 0.3) is 0 Å². The average molecular weight is 342 g/mol. The van der Waals surface area contributed by atoms with Gasteiger partial charge in [-0.2, -0.15) is 0 Å². The molecule has 2 aromatic carbocycles. The molecule has 6 heteroatoms. The molecular formula is C19H22N2O4. The predicted molar refractivity (Wildman–Crippen MR) is 93.6 cm³/mol. The summed E-state index contributed by atoms with van der Waals surface area (Å²) in [5, 5.41) is 20.0. The second-order valence-electron chi connectivity index (χ2n) is 5.78. The summed E-state index contributed by atoms with van der Waals surface area (Å²) in [5.74, 6) is -2.07. The first-order chi connectivity index (χ1) is 12.0. The smallest absolute Gasteiger partial charge is 0.322 e. The molecule has 0 radical (unpaired) electrons. The fourth-order valence-corrected chi connectivity index (χ4v) is 2.49. The Morgan fingerprint density at radius 1 is 0.880 bits per heavy atom. The van der Waals surface area contributed by atoms with Crippen molar-refractivity contribution in [3.8, 4) is 0 Å². The van der Waals surface area contributed by atoms with Crippen molar-refractivity contribution >= 4 is 11.9 Å². The van der Waals surface area contributed by atoms with Gasteiger partial charge in [-0.3, -0.25) is 9.59 Å². The minimum atomic E-state index is -1.06. The Kier molecular flexibility index (Phi) is 7.13. The molecule has 132 valence electrons. The van der Waals surface area contributed by atoms with Crippen LogP contribution >= 0.6 is 0 Å². The third-order valence-electron chi connectivity index (χ3n) is 3.72. The van der Waals surface area contributed by atoms with E-state index >= 15 is 0 Å². The van der Waals surface area contributed by atoms with Gasteiger partial charge in [-0.1, -0.05) is 60.7 Å². The molecule has 0 aliphatic carbocycles. The summed E-state index contributed by atoms with van der Waals surface area (Å²) in [6, 6.07) is 18.5. The number of hydrazine groups is 1. The first-order valence-corrected chi connectivity index (χ1v) is 8.08. The van der Waals surface area contributed by atoms with E-state index in [2.05, 4.69) is 5.43 Å². The second-order valence-corrected chi connectivity index (χ2v) is 5.78. The van der Waals surface area contributed by atoms with Crippen LogP contribution in [0.3, 0.4) is 0 Å². The standard InChI is InChI=1S/C19H22N2O4/c22-18(23)12-11-17(19(24)25)20-21(13-15-7-3-1-4-8-15)14-16-9-5-2-6-10-16/h1-10,17,20H,11-14H2,(H,22,23)(H,24,25)/t17-/m0/s1. The number of carboxylic acids is 2. The maximum atomic E-state index is 11.5. The van der Waals surface area contributed by atoms with Crippen LogP contribution in [0.15, 0.2) is 60.7 Å². The molecule has 1 atom stereocenters. The third-order valence-corrected chi connectivity index (χ3v) is 3.72. The van der Waals surface area contributed by atoms with Gasteiger partial charge in [-0.05, 0) is 17.5 Å². The minimum absolute atomic E-state index is 0.0186. The Hall–Kier alpha value is -2.70. The molecule has 0 saturated heterocycles. The van der Waals surface area contributed by atoms with Crippen molar-refractivity contribution in [1.82, 2.24) is 10.4 Å². The average Bonchev–Trinajstić information content (AvgIpc) is 2.59. The van der Waals surface area contributed by atoms with E-state index < -0.39 is 18.0 Å². The Morgan fingerprint density at radius 3 is 1.76 bits per heavy atom. The number of carbonyl (C=O) groups is 2. The highest BCUT2D eigenvalue weighted by Crippen LogP contribution is 2.10. The topological polar surface area (TPSA) is 89.9 Å². The first-order valence-electron chi connectivity index (χ1n) is 8.08. The van der Waals surface area contributed by atoms with Crippen molar-refractivity contribution in [2.75, 3.05) is 0 Å². The largest absolute Gasteiger partial charge is 0.481 e. The normalized spacial score (nSPS) is 12.0. The second kappa shape index (κ2) is 9.56. The van der Waals surface area contributed by atoms with E-state index in [-0.39, 0.29) is 12.8 Å². The molecule has 0 heterocycles. The van der Waals surface area contributed by atoms with E-state index in [9.17, 15) is 14.7 Å². The summed E-state index contributed by atoms with van der Waals surface area (Å²) in [7, 11) is 0. The summed E-state index contributed by atoms with van der Waals surface area (Å²) in [6.07, 6.45) is -0.181. The van der Waals surface area contributed by atoms with Crippen LogP contribution in [0, 0.1) is 0 Å². The number of rotatable bonds is 10. The molecule has 6 nitrogen and oxygen atoms in total. The van der Waals surface area contributed by atoms with Crippen LogP contribution in [0.1, 0.15) is 24.0 Å². The van der Waals surface area contributed by atoms with E-state index in [0.717, 1.165) is 11.1 Å². The van der Waals surface area contributed by atoms with Crippen LogP contribution in [0.5, 0.6) is 0 Å². The highest BCUT2D eigenvalue weighted by molar-refractivity contribution is 5.74. The minimum Gasteiger partial charge on any atom is -0.481 e. The first kappa shape index (κ1) is 18.6. The van der Waals surface area contributed by atoms with Gasteiger partial charge in [-0.15, -0.1) is 0 Å². The molecule has 0 aliphatic rings. The monoisotopic (exact) mass is 342 g/mol. The van der Waals surface area contributed by atoms with Gasteiger partial charge < -0.3 is 10.2 Å². The highest BCUT2D eigenvalue weighted by Gasteiger charge is 2.21. The van der Waals surface area contributed by atoms with Gasteiger partial charge >= 0.3 is 11.9 Å². The van der Waals surface area contributed by atoms with Crippen LogP contribution in [0.2, 0.25) is 0 Å². The molecule has 0 saturated carbocycles. The van der Waals surface area contributed by atoms with Gasteiger partial charge in [-0.25, -0.2) is 10.4 Å². The van der Waals surface area contributed by atoms with Gasteiger partial charge in [0.1, 0.15) is 6.04 Å². The summed E-state index contributed by atoms with van der Waals surface area (Å²) < 4.78 is 0. The number of nitrogens with zero attached hydrogens (tertiary/aromatic N) is 1. The number of hydrogen-bond acceptors (Lipinski definition) is 4. The van der Waals surface area contributed by atoms with Gasteiger partial charge in [0, 0.05) is 19.5 Å². The van der Waals surface area contributed by atoms with E-state index in [1.54, 1.807) is 0 Å². The number of benzene rings is 2. The molecule has 3 N–H and O–H groups in total. The zero-order valence-corrected chi connectivity index (χ0v) is 13.8.